The summed E-state index contributed by atoms with van der Waals surface area (Å²) in [6.07, 6.45) is 0.175. The van der Waals surface area contributed by atoms with Gasteiger partial charge in [0.1, 0.15) is 17.1 Å². The summed E-state index contributed by atoms with van der Waals surface area (Å²) in [5.74, 6) is -2.67. The lowest BCUT2D eigenvalue weighted by Gasteiger charge is -2.18. The van der Waals surface area contributed by atoms with Gasteiger partial charge in [0.2, 0.25) is 5.82 Å². The Labute approximate surface area is 106 Å². The third-order valence-corrected chi connectivity index (χ3v) is 3.55. The van der Waals surface area contributed by atoms with E-state index in [0.29, 0.717) is 12.8 Å². The molecule has 4 N–H and O–H groups in total. The number of pyridine rings is 1. The SMILES string of the molecule is Nc1nc(F)c(F)c2c1ncn2C1CCC(O)C1O. The maximum atomic E-state index is 13.9. The molecule has 6 nitrogen and oxygen atoms in total. The highest BCUT2D eigenvalue weighted by atomic mass is 19.2. The lowest BCUT2D eigenvalue weighted by atomic mass is 10.2. The van der Waals surface area contributed by atoms with Crippen LogP contribution >= 0.6 is 0 Å². The van der Waals surface area contributed by atoms with E-state index in [0.717, 1.165) is 0 Å². The summed E-state index contributed by atoms with van der Waals surface area (Å²) in [5.41, 5.74) is 5.41. The Bertz CT molecular complexity index is 645. The molecule has 0 bridgehead atoms. The maximum Gasteiger partial charge on any atom is 0.253 e. The van der Waals surface area contributed by atoms with E-state index in [1.54, 1.807) is 0 Å². The number of aromatic nitrogens is 3. The van der Waals surface area contributed by atoms with Gasteiger partial charge in [0.25, 0.3) is 5.95 Å². The first kappa shape index (κ1) is 12.2. The van der Waals surface area contributed by atoms with Crippen molar-refractivity contribution < 1.29 is 19.0 Å². The van der Waals surface area contributed by atoms with Crippen molar-refractivity contribution in [3.8, 4) is 0 Å². The van der Waals surface area contributed by atoms with Crippen LogP contribution in [0.15, 0.2) is 6.33 Å². The van der Waals surface area contributed by atoms with Gasteiger partial charge in [0, 0.05) is 0 Å². The number of fused-ring (bicyclic) bond motifs is 1. The van der Waals surface area contributed by atoms with Gasteiger partial charge in [-0.2, -0.15) is 13.8 Å². The number of aliphatic hydroxyl groups excluding tert-OH is 2. The number of rotatable bonds is 1. The van der Waals surface area contributed by atoms with E-state index >= 15 is 0 Å². The average Bonchev–Trinajstić information content (AvgIpc) is 2.93. The van der Waals surface area contributed by atoms with Crippen LogP contribution in [-0.2, 0) is 0 Å². The number of anilines is 1. The summed E-state index contributed by atoms with van der Waals surface area (Å²) in [6.45, 7) is 0. The molecular weight excluding hydrogens is 258 g/mol. The largest absolute Gasteiger partial charge is 0.390 e. The Kier molecular flexibility index (Phi) is 2.64. The Morgan fingerprint density at radius 1 is 1.32 bits per heavy atom. The molecule has 1 fully saturated rings. The number of nitrogens with zero attached hydrogens (tertiary/aromatic N) is 3. The molecule has 2 heterocycles. The Morgan fingerprint density at radius 2 is 2.05 bits per heavy atom. The highest BCUT2D eigenvalue weighted by molar-refractivity contribution is 5.85. The minimum atomic E-state index is -1.31. The van der Waals surface area contributed by atoms with Crippen molar-refractivity contribution in [3.63, 3.8) is 0 Å². The predicted molar refractivity (Wildman–Crippen MR) is 62.1 cm³/mol. The zero-order valence-corrected chi connectivity index (χ0v) is 9.79. The Hall–Kier alpha value is -1.80. The molecule has 3 atom stereocenters. The van der Waals surface area contributed by atoms with E-state index in [4.69, 9.17) is 5.73 Å². The van der Waals surface area contributed by atoms with Gasteiger partial charge >= 0.3 is 0 Å². The van der Waals surface area contributed by atoms with Crippen molar-refractivity contribution in [2.75, 3.05) is 5.73 Å². The van der Waals surface area contributed by atoms with Crippen molar-refractivity contribution in [1.82, 2.24) is 14.5 Å². The summed E-state index contributed by atoms with van der Waals surface area (Å²) >= 11 is 0. The van der Waals surface area contributed by atoms with Crippen LogP contribution in [0.25, 0.3) is 11.0 Å². The zero-order chi connectivity index (χ0) is 13.7. The molecule has 0 saturated heterocycles. The quantitative estimate of drug-likeness (QED) is 0.650. The molecule has 2 aromatic rings. The first-order valence-electron chi connectivity index (χ1n) is 5.84. The van der Waals surface area contributed by atoms with Crippen LogP contribution in [0.3, 0.4) is 0 Å². The fourth-order valence-corrected chi connectivity index (χ4v) is 2.57. The summed E-state index contributed by atoms with van der Waals surface area (Å²) in [7, 11) is 0. The molecule has 1 aliphatic carbocycles. The zero-order valence-electron chi connectivity index (χ0n) is 9.79. The first-order chi connectivity index (χ1) is 9.00. The Balaban J connectivity index is 2.20. The molecule has 2 aromatic heterocycles. The molecule has 1 saturated carbocycles. The third kappa shape index (κ3) is 1.67. The number of nitrogens with two attached hydrogens (primary N) is 1. The fourth-order valence-electron chi connectivity index (χ4n) is 2.57. The van der Waals surface area contributed by atoms with Gasteiger partial charge < -0.3 is 20.5 Å². The van der Waals surface area contributed by atoms with E-state index in [9.17, 15) is 19.0 Å². The number of aliphatic hydroxyl groups is 2. The highest BCUT2D eigenvalue weighted by Crippen LogP contribution is 2.34. The summed E-state index contributed by atoms with van der Waals surface area (Å²) in [6, 6.07) is -0.560. The second-order valence-electron chi connectivity index (χ2n) is 4.65. The second kappa shape index (κ2) is 4.10. The second-order valence-corrected chi connectivity index (χ2v) is 4.65. The van der Waals surface area contributed by atoms with E-state index in [-0.39, 0.29) is 16.9 Å². The fraction of sp³-hybridized carbons (Fsp3) is 0.455. The third-order valence-electron chi connectivity index (χ3n) is 3.55. The summed E-state index contributed by atoms with van der Waals surface area (Å²) in [4.78, 5) is 7.12. The van der Waals surface area contributed by atoms with Gasteiger partial charge in [0.05, 0.1) is 18.5 Å². The van der Waals surface area contributed by atoms with Crippen molar-refractivity contribution in [2.24, 2.45) is 0 Å². The smallest absolute Gasteiger partial charge is 0.253 e. The molecule has 102 valence electrons. The van der Waals surface area contributed by atoms with Gasteiger partial charge in [-0.15, -0.1) is 0 Å². The minimum absolute atomic E-state index is 0.0486. The predicted octanol–water partition coefficient (Wildman–Crippen LogP) is 0.348. The van der Waals surface area contributed by atoms with Crippen molar-refractivity contribution in [1.29, 1.82) is 0 Å². The van der Waals surface area contributed by atoms with Gasteiger partial charge in [0.15, 0.2) is 5.82 Å². The maximum absolute atomic E-state index is 13.9. The van der Waals surface area contributed by atoms with Crippen LogP contribution in [0.4, 0.5) is 14.6 Å². The number of hydrogen-bond donors (Lipinski definition) is 3. The minimum Gasteiger partial charge on any atom is -0.390 e. The molecular formula is C11H12F2N4O2. The molecule has 19 heavy (non-hydrogen) atoms. The molecule has 1 aliphatic rings. The van der Waals surface area contributed by atoms with Crippen LogP contribution in [0.2, 0.25) is 0 Å². The van der Waals surface area contributed by atoms with Crippen LogP contribution in [-0.4, -0.2) is 37.0 Å². The van der Waals surface area contributed by atoms with Crippen LogP contribution in [0.5, 0.6) is 0 Å². The van der Waals surface area contributed by atoms with E-state index in [2.05, 4.69) is 9.97 Å². The monoisotopic (exact) mass is 270 g/mol. The molecule has 0 aliphatic heterocycles. The molecule has 0 spiro atoms. The number of halogens is 2. The molecule has 0 aromatic carbocycles. The van der Waals surface area contributed by atoms with Crippen LogP contribution < -0.4 is 5.73 Å². The van der Waals surface area contributed by atoms with E-state index < -0.39 is 30.0 Å². The molecule has 8 heteroatoms. The van der Waals surface area contributed by atoms with Crippen molar-refractivity contribution in [3.05, 3.63) is 18.1 Å². The molecule has 3 unspecified atom stereocenters. The lowest BCUT2D eigenvalue weighted by Crippen LogP contribution is -2.27. The standard InChI is InChI=1S/C11H12F2N4O2/c12-6-8-7(11(14)16-10(6)13)15-3-17(8)4-1-2-5(18)9(4)19/h3-5,9,18-19H,1-2H2,(H2,14,16). The molecule has 0 amide bonds. The topological polar surface area (TPSA) is 97.2 Å². The normalized spacial score (nSPS) is 27.3. The summed E-state index contributed by atoms with van der Waals surface area (Å²) < 4.78 is 28.5. The highest BCUT2D eigenvalue weighted by Gasteiger charge is 2.36. The van der Waals surface area contributed by atoms with E-state index in [1.807, 2.05) is 0 Å². The number of imidazole rings is 1. The van der Waals surface area contributed by atoms with Gasteiger partial charge in [-0.05, 0) is 12.8 Å². The molecule has 0 radical (unpaired) electrons. The number of nitrogen functional groups attached to an aromatic ring is 1. The average molecular weight is 270 g/mol. The van der Waals surface area contributed by atoms with Gasteiger partial charge in [-0.1, -0.05) is 0 Å². The number of hydrogen-bond acceptors (Lipinski definition) is 5. The van der Waals surface area contributed by atoms with Crippen molar-refractivity contribution >= 4 is 16.9 Å². The molecule has 3 rings (SSSR count). The van der Waals surface area contributed by atoms with Gasteiger partial charge in [-0.3, -0.25) is 0 Å². The van der Waals surface area contributed by atoms with Crippen molar-refractivity contribution in [2.45, 2.75) is 31.1 Å². The lowest BCUT2D eigenvalue weighted by molar-refractivity contribution is 0.0241. The summed E-state index contributed by atoms with van der Waals surface area (Å²) in [5, 5.41) is 19.4. The first-order valence-corrected chi connectivity index (χ1v) is 5.84. The Morgan fingerprint density at radius 3 is 2.68 bits per heavy atom. The van der Waals surface area contributed by atoms with Crippen LogP contribution in [0, 0.1) is 11.8 Å². The van der Waals surface area contributed by atoms with Crippen LogP contribution in [0.1, 0.15) is 18.9 Å². The van der Waals surface area contributed by atoms with E-state index in [1.165, 1.54) is 10.9 Å². The van der Waals surface area contributed by atoms with Gasteiger partial charge in [-0.25, -0.2) is 4.98 Å².